The van der Waals surface area contributed by atoms with Gasteiger partial charge in [0, 0.05) is 16.4 Å². The highest BCUT2D eigenvalue weighted by Crippen LogP contribution is 2.33. The largest absolute Gasteiger partial charge is 0.491 e. The number of Topliss-reactive ketones (excluding diaryl/α,β-unsaturated/α-hetero) is 1. The Balaban J connectivity index is 2.25. The molecule has 0 aromatic heterocycles. The fraction of sp³-hybridized carbons (Fsp3) is 0.458. The molecule has 0 fully saturated rings. The maximum atomic E-state index is 12.6. The predicted octanol–water partition coefficient (Wildman–Crippen LogP) is 6.42. The molecule has 0 saturated carbocycles. The lowest BCUT2D eigenvalue weighted by Gasteiger charge is -2.27. The highest BCUT2D eigenvalue weighted by molar-refractivity contribution is 6.00. The molecule has 0 atom stereocenters. The number of hydrogen-bond donors (Lipinski definition) is 0. The van der Waals surface area contributed by atoms with Crippen LogP contribution < -0.4 is 4.74 Å². The smallest absolute Gasteiger partial charge is 0.168 e. The summed E-state index contributed by atoms with van der Waals surface area (Å²) in [5.41, 5.74) is 2.75. The molecule has 0 amide bonds. The quantitative estimate of drug-likeness (QED) is 0.538. The molecule has 0 spiro atoms. The molecule has 2 rings (SSSR count). The summed E-state index contributed by atoms with van der Waals surface area (Å²) in [6, 6.07) is 16.4. The van der Waals surface area contributed by atoms with Gasteiger partial charge in [0.15, 0.2) is 5.78 Å². The van der Waals surface area contributed by atoms with Crippen LogP contribution in [0.3, 0.4) is 0 Å². The normalized spacial score (nSPS) is 12.3. The highest BCUT2D eigenvalue weighted by Gasteiger charge is 2.28. The number of carbonyl (C=O) groups is 1. The lowest BCUT2D eigenvalue weighted by Crippen LogP contribution is -2.24. The molecule has 0 aliphatic heterocycles. The highest BCUT2D eigenvalue weighted by atomic mass is 16.5. The minimum Gasteiger partial charge on any atom is -0.491 e. The van der Waals surface area contributed by atoms with Gasteiger partial charge in [-0.1, -0.05) is 71.0 Å². The molecule has 0 bridgehead atoms. The summed E-state index contributed by atoms with van der Waals surface area (Å²) < 4.78 is 5.73. The molecule has 2 heteroatoms. The fourth-order valence-corrected chi connectivity index (χ4v) is 2.98. The van der Waals surface area contributed by atoms with Crippen molar-refractivity contribution in [2.75, 3.05) is 0 Å². The summed E-state index contributed by atoms with van der Waals surface area (Å²) in [6.45, 7) is 14.5. The Morgan fingerprint density at radius 1 is 0.885 bits per heavy atom. The first kappa shape index (κ1) is 20.2. The van der Waals surface area contributed by atoms with Crippen molar-refractivity contribution >= 4 is 5.78 Å². The van der Waals surface area contributed by atoms with Crippen LogP contribution in [0.4, 0.5) is 0 Å². The topological polar surface area (TPSA) is 26.3 Å². The summed E-state index contributed by atoms with van der Waals surface area (Å²) in [5.74, 6) is 1.10. The Morgan fingerprint density at radius 2 is 1.35 bits per heavy atom. The standard InChI is InChI=1S/C24H32O2/c1-8-23(4,5)22(25)18-9-11-19(12-10-18)24(6,7)20-13-15-21(16-14-20)26-17(2)3/h9-17H,8H2,1-7H3. The molecule has 2 nitrogen and oxygen atoms in total. The average molecular weight is 353 g/mol. The second-order valence-electron chi connectivity index (χ2n) is 8.46. The molecule has 140 valence electrons. The second-order valence-corrected chi connectivity index (χ2v) is 8.46. The molecule has 0 heterocycles. The van der Waals surface area contributed by atoms with Gasteiger partial charge in [-0.3, -0.25) is 4.79 Å². The Morgan fingerprint density at radius 3 is 1.77 bits per heavy atom. The molecular formula is C24H32O2. The van der Waals surface area contributed by atoms with E-state index in [1.54, 1.807) is 0 Å². The van der Waals surface area contributed by atoms with E-state index in [-0.39, 0.29) is 22.7 Å². The van der Waals surface area contributed by atoms with Crippen LogP contribution in [-0.4, -0.2) is 11.9 Å². The Labute approximate surface area is 158 Å². The van der Waals surface area contributed by atoms with Crippen molar-refractivity contribution in [1.82, 2.24) is 0 Å². The van der Waals surface area contributed by atoms with Gasteiger partial charge in [0.1, 0.15) is 5.75 Å². The number of carbonyl (C=O) groups excluding carboxylic acids is 1. The van der Waals surface area contributed by atoms with Gasteiger partial charge in [-0.05, 0) is 43.5 Å². The molecule has 0 saturated heterocycles. The molecule has 2 aromatic rings. The zero-order valence-electron chi connectivity index (χ0n) is 17.2. The van der Waals surface area contributed by atoms with Crippen molar-refractivity contribution in [3.8, 4) is 5.75 Å². The number of hydrogen-bond acceptors (Lipinski definition) is 2. The van der Waals surface area contributed by atoms with Crippen LogP contribution in [0, 0.1) is 5.41 Å². The molecular weight excluding hydrogens is 320 g/mol. The van der Waals surface area contributed by atoms with Crippen LogP contribution in [0.25, 0.3) is 0 Å². The zero-order chi connectivity index (χ0) is 19.5. The predicted molar refractivity (Wildman–Crippen MR) is 109 cm³/mol. The molecule has 0 aliphatic rings. The van der Waals surface area contributed by atoms with Gasteiger partial charge in [-0.25, -0.2) is 0 Å². The summed E-state index contributed by atoms with van der Waals surface area (Å²) in [6.07, 6.45) is 1.01. The van der Waals surface area contributed by atoms with E-state index >= 15 is 0 Å². The van der Waals surface area contributed by atoms with Crippen LogP contribution >= 0.6 is 0 Å². The summed E-state index contributed by atoms with van der Waals surface area (Å²) in [5, 5.41) is 0. The van der Waals surface area contributed by atoms with E-state index in [9.17, 15) is 4.79 Å². The first-order chi connectivity index (χ1) is 12.1. The van der Waals surface area contributed by atoms with Gasteiger partial charge < -0.3 is 4.74 Å². The van der Waals surface area contributed by atoms with Gasteiger partial charge in [0.05, 0.1) is 6.10 Å². The summed E-state index contributed by atoms with van der Waals surface area (Å²) in [7, 11) is 0. The molecule has 0 N–H and O–H groups in total. The molecule has 2 aromatic carbocycles. The zero-order valence-corrected chi connectivity index (χ0v) is 17.2. The van der Waals surface area contributed by atoms with E-state index in [1.165, 1.54) is 11.1 Å². The monoisotopic (exact) mass is 352 g/mol. The Bertz CT molecular complexity index is 735. The summed E-state index contributed by atoms with van der Waals surface area (Å²) in [4.78, 5) is 12.6. The number of ketones is 1. The Hall–Kier alpha value is -2.09. The third kappa shape index (κ3) is 4.35. The maximum Gasteiger partial charge on any atom is 0.168 e. The van der Waals surface area contributed by atoms with Crippen LogP contribution in [0.2, 0.25) is 0 Å². The van der Waals surface area contributed by atoms with E-state index in [1.807, 2.05) is 52.0 Å². The van der Waals surface area contributed by atoms with Gasteiger partial charge in [0.2, 0.25) is 0 Å². The van der Waals surface area contributed by atoms with Gasteiger partial charge in [0.25, 0.3) is 0 Å². The van der Waals surface area contributed by atoms with Crippen LogP contribution in [0.5, 0.6) is 5.75 Å². The molecule has 0 unspecified atom stereocenters. The number of benzene rings is 2. The molecule has 26 heavy (non-hydrogen) atoms. The van der Waals surface area contributed by atoms with Crippen molar-refractivity contribution in [2.45, 2.75) is 66.4 Å². The minimum atomic E-state index is -0.316. The van der Waals surface area contributed by atoms with Gasteiger partial charge >= 0.3 is 0 Å². The first-order valence-corrected chi connectivity index (χ1v) is 9.50. The van der Waals surface area contributed by atoms with Crippen LogP contribution in [0.15, 0.2) is 48.5 Å². The van der Waals surface area contributed by atoms with Crippen LogP contribution in [-0.2, 0) is 5.41 Å². The summed E-state index contributed by atoms with van der Waals surface area (Å²) >= 11 is 0. The van der Waals surface area contributed by atoms with Crippen molar-refractivity contribution in [3.05, 3.63) is 65.2 Å². The maximum absolute atomic E-state index is 12.6. The van der Waals surface area contributed by atoms with Crippen molar-refractivity contribution < 1.29 is 9.53 Å². The third-order valence-electron chi connectivity index (χ3n) is 5.32. The van der Waals surface area contributed by atoms with Crippen molar-refractivity contribution in [1.29, 1.82) is 0 Å². The average Bonchev–Trinajstić information content (AvgIpc) is 2.61. The Kier molecular flexibility index (Phi) is 5.95. The first-order valence-electron chi connectivity index (χ1n) is 9.50. The lowest BCUT2D eigenvalue weighted by molar-refractivity contribution is 0.0833. The lowest BCUT2D eigenvalue weighted by atomic mass is 9.77. The molecule has 0 aliphatic carbocycles. The van der Waals surface area contributed by atoms with Crippen LogP contribution in [0.1, 0.15) is 76.4 Å². The second kappa shape index (κ2) is 7.65. The van der Waals surface area contributed by atoms with Gasteiger partial charge in [-0.15, -0.1) is 0 Å². The third-order valence-corrected chi connectivity index (χ3v) is 5.32. The fourth-order valence-electron chi connectivity index (χ4n) is 2.98. The number of ether oxygens (including phenoxy) is 1. The van der Waals surface area contributed by atoms with Gasteiger partial charge in [-0.2, -0.15) is 0 Å². The minimum absolute atomic E-state index is 0.141. The van der Waals surface area contributed by atoms with Crippen molar-refractivity contribution in [3.63, 3.8) is 0 Å². The van der Waals surface area contributed by atoms with Crippen molar-refractivity contribution in [2.24, 2.45) is 5.41 Å². The van der Waals surface area contributed by atoms with E-state index in [4.69, 9.17) is 4.74 Å². The van der Waals surface area contributed by atoms with E-state index in [0.29, 0.717) is 0 Å². The number of rotatable bonds is 7. The van der Waals surface area contributed by atoms with E-state index in [2.05, 4.69) is 45.0 Å². The molecule has 0 radical (unpaired) electrons. The van der Waals surface area contributed by atoms with E-state index in [0.717, 1.165) is 17.7 Å². The van der Waals surface area contributed by atoms with E-state index < -0.39 is 0 Å². The SMILES string of the molecule is CCC(C)(C)C(=O)c1ccc(C(C)(C)c2ccc(OC(C)C)cc2)cc1.